The second kappa shape index (κ2) is 10.4. The summed E-state index contributed by atoms with van der Waals surface area (Å²) in [5, 5.41) is 22.9. The third-order valence-electron chi connectivity index (χ3n) is 4.15. The number of aliphatic hydroxyl groups excluding tert-OH is 1. The van der Waals surface area contributed by atoms with Gasteiger partial charge in [-0.15, -0.1) is 0 Å². The van der Waals surface area contributed by atoms with E-state index in [-0.39, 0.29) is 26.2 Å². The average molecular weight is 387 g/mol. The number of hydrogen-bond acceptors (Lipinski definition) is 6. The first-order valence-electron chi connectivity index (χ1n) is 8.94. The van der Waals surface area contributed by atoms with Crippen molar-refractivity contribution >= 4 is 12.1 Å². The van der Waals surface area contributed by atoms with Gasteiger partial charge in [-0.3, -0.25) is 0 Å². The van der Waals surface area contributed by atoms with E-state index in [1.807, 2.05) is 36.4 Å². The number of nitrogens with one attached hydrogen (secondary N) is 1. The van der Waals surface area contributed by atoms with Gasteiger partial charge in [0.15, 0.2) is 6.10 Å². The van der Waals surface area contributed by atoms with Crippen LogP contribution < -0.4 is 5.32 Å². The van der Waals surface area contributed by atoms with Crippen molar-refractivity contribution in [2.75, 3.05) is 6.54 Å². The molecule has 0 aliphatic rings. The fraction of sp³-hybridized carbons (Fsp3) is 0.333. The molecule has 0 spiro atoms. The Kier molecular flexibility index (Phi) is 7.98. The van der Waals surface area contributed by atoms with Gasteiger partial charge in [-0.2, -0.15) is 0 Å². The molecule has 7 nitrogen and oxygen atoms in total. The van der Waals surface area contributed by atoms with E-state index >= 15 is 0 Å². The molecular formula is C21H25NO6. The standard InChI is InChI=1S/C21H25NO6/c1-21(26,18(23)19(24)27-14-16-8-4-2-5-9-16)12-13-22-20(25)28-15-17-10-6-3-7-11-17/h2-11,18,23,26H,12-15H2,1H3,(H,22,25)/t18-,21-/m1/s1. The Morgan fingerprint density at radius 3 is 2.00 bits per heavy atom. The Hall–Kier alpha value is -2.90. The van der Waals surface area contributed by atoms with E-state index in [4.69, 9.17) is 9.47 Å². The lowest BCUT2D eigenvalue weighted by molar-refractivity contribution is -0.169. The fourth-order valence-electron chi connectivity index (χ4n) is 2.39. The summed E-state index contributed by atoms with van der Waals surface area (Å²) < 4.78 is 10.1. The maximum atomic E-state index is 12.0. The maximum Gasteiger partial charge on any atom is 0.407 e. The molecule has 0 bridgehead atoms. The van der Waals surface area contributed by atoms with E-state index in [1.54, 1.807) is 24.3 Å². The summed E-state index contributed by atoms with van der Waals surface area (Å²) in [5.74, 6) is -0.930. The van der Waals surface area contributed by atoms with Crippen molar-refractivity contribution in [1.82, 2.24) is 5.32 Å². The Morgan fingerprint density at radius 2 is 1.46 bits per heavy atom. The molecule has 2 atom stereocenters. The Labute approximate surface area is 163 Å². The molecular weight excluding hydrogens is 362 g/mol. The van der Waals surface area contributed by atoms with Crippen LogP contribution in [0.25, 0.3) is 0 Å². The van der Waals surface area contributed by atoms with Gasteiger partial charge in [0.25, 0.3) is 0 Å². The van der Waals surface area contributed by atoms with E-state index in [0.717, 1.165) is 11.1 Å². The zero-order valence-electron chi connectivity index (χ0n) is 15.7. The highest BCUT2D eigenvalue weighted by Crippen LogP contribution is 2.16. The van der Waals surface area contributed by atoms with Crippen LogP contribution >= 0.6 is 0 Å². The van der Waals surface area contributed by atoms with E-state index < -0.39 is 23.8 Å². The molecule has 0 fully saturated rings. The highest BCUT2D eigenvalue weighted by atomic mass is 16.6. The molecule has 0 saturated heterocycles. The van der Waals surface area contributed by atoms with Crippen LogP contribution in [-0.2, 0) is 27.5 Å². The molecule has 0 unspecified atom stereocenters. The molecule has 28 heavy (non-hydrogen) atoms. The largest absolute Gasteiger partial charge is 0.459 e. The highest BCUT2D eigenvalue weighted by Gasteiger charge is 2.36. The van der Waals surface area contributed by atoms with Gasteiger partial charge in [0.05, 0.1) is 0 Å². The van der Waals surface area contributed by atoms with Crippen molar-refractivity contribution in [3.63, 3.8) is 0 Å². The third kappa shape index (κ3) is 7.02. The van der Waals surface area contributed by atoms with Crippen LogP contribution in [0.2, 0.25) is 0 Å². The maximum absolute atomic E-state index is 12.0. The quantitative estimate of drug-likeness (QED) is 0.570. The molecule has 0 aromatic heterocycles. The number of benzene rings is 2. The van der Waals surface area contributed by atoms with E-state index in [1.165, 1.54) is 6.92 Å². The van der Waals surface area contributed by atoms with Gasteiger partial charge in [0.2, 0.25) is 0 Å². The van der Waals surface area contributed by atoms with Gasteiger partial charge < -0.3 is 25.0 Å². The van der Waals surface area contributed by atoms with Crippen LogP contribution in [0.3, 0.4) is 0 Å². The van der Waals surface area contributed by atoms with Crippen molar-refractivity contribution in [2.24, 2.45) is 0 Å². The van der Waals surface area contributed by atoms with Gasteiger partial charge in [-0.1, -0.05) is 60.7 Å². The Balaban J connectivity index is 1.70. The predicted molar refractivity (Wildman–Crippen MR) is 102 cm³/mol. The van der Waals surface area contributed by atoms with Crippen LogP contribution in [0, 0.1) is 0 Å². The summed E-state index contributed by atoms with van der Waals surface area (Å²) in [5.41, 5.74) is -0.146. The summed E-state index contributed by atoms with van der Waals surface area (Å²) in [4.78, 5) is 23.7. The molecule has 1 amide bonds. The van der Waals surface area contributed by atoms with E-state index in [0.29, 0.717) is 0 Å². The number of amides is 1. The lowest BCUT2D eigenvalue weighted by atomic mass is 9.95. The number of rotatable bonds is 9. The van der Waals surface area contributed by atoms with Crippen molar-refractivity contribution in [2.45, 2.75) is 38.3 Å². The first kappa shape index (κ1) is 21.4. The van der Waals surface area contributed by atoms with Gasteiger partial charge >= 0.3 is 12.1 Å². The number of hydrogen-bond donors (Lipinski definition) is 3. The van der Waals surface area contributed by atoms with Gasteiger partial charge in [0, 0.05) is 6.54 Å². The lowest BCUT2D eigenvalue weighted by Gasteiger charge is -2.27. The molecule has 150 valence electrons. The normalized spacial score (nSPS) is 13.8. The second-order valence-electron chi connectivity index (χ2n) is 6.59. The molecule has 7 heteroatoms. The summed E-state index contributed by atoms with van der Waals surface area (Å²) in [6.07, 6.45) is -2.45. The first-order chi connectivity index (χ1) is 13.4. The number of esters is 1. The molecule has 0 saturated carbocycles. The summed E-state index contributed by atoms with van der Waals surface area (Å²) in [7, 11) is 0. The zero-order chi connectivity index (χ0) is 20.4. The molecule has 0 heterocycles. The van der Waals surface area contributed by atoms with Crippen molar-refractivity contribution in [3.8, 4) is 0 Å². The van der Waals surface area contributed by atoms with Crippen LogP contribution in [0.1, 0.15) is 24.5 Å². The molecule has 0 aliphatic heterocycles. The number of carbonyl (C=O) groups is 2. The molecule has 2 rings (SSSR count). The van der Waals surface area contributed by atoms with Crippen molar-refractivity contribution < 1.29 is 29.3 Å². The Bertz CT molecular complexity index is 748. The van der Waals surface area contributed by atoms with Crippen LogP contribution in [0.5, 0.6) is 0 Å². The topological polar surface area (TPSA) is 105 Å². The smallest absolute Gasteiger partial charge is 0.407 e. The minimum absolute atomic E-state index is 0.00310. The number of alkyl carbamates (subject to hydrolysis) is 1. The van der Waals surface area contributed by atoms with Crippen molar-refractivity contribution in [3.05, 3.63) is 71.8 Å². The number of ether oxygens (including phenoxy) is 2. The lowest BCUT2D eigenvalue weighted by Crippen LogP contribution is -2.47. The molecule has 2 aromatic rings. The fourth-order valence-corrected chi connectivity index (χ4v) is 2.39. The minimum Gasteiger partial charge on any atom is -0.459 e. The van der Waals surface area contributed by atoms with E-state index in [2.05, 4.69) is 5.32 Å². The number of carbonyl (C=O) groups excluding carboxylic acids is 2. The number of aliphatic hydroxyl groups is 2. The Morgan fingerprint density at radius 1 is 0.964 bits per heavy atom. The predicted octanol–water partition coefficient (Wildman–Crippen LogP) is 2.16. The minimum atomic E-state index is -1.76. The van der Waals surface area contributed by atoms with Crippen LogP contribution in [-0.4, -0.2) is 40.5 Å². The monoisotopic (exact) mass is 387 g/mol. The SMILES string of the molecule is C[C@@](O)(CCNC(=O)OCc1ccccc1)[C@H](O)C(=O)OCc1ccccc1. The van der Waals surface area contributed by atoms with Gasteiger partial charge in [-0.05, 0) is 24.5 Å². The third-order valence-corrected chi connectivity index (χ3v) is 4.15. The average Bonchev–Trinajstić information content (AvgIpc) is 2.71. The molecule has 2 aromatic carbocycles. The van der Waals surface area contributed by atoms with E-state index in [9.17, 15) is 19.8 Å². The summed E-state index contributed by atoms with van der Waals surface area (Å²) in [6, 6.07) is 18.2. The molecule has 0 aliphatic carbocycles. The summed E-state index contributed by atoms with van der Waals surface area (Å²) in [6.45, 7) is 1.44. The molecule has 3 N–H and O–H groups in total. The van der Waals surface area contributed by atoms with Crippen LogP contribution in [0.15, 0.2) is 60.7 Å². The second-order valence-corrected chi connectivity index (χ2v) is 6.59. The molecule has 0 radical (unpaired) electrons. The van der Waals surface area contributed by atoms with Gasteiger partial charge in [0.1, 0.15) is 18.8 Å². The summed E-state index contributed by atoms with van der Waals surface area (Å²) >= 11 is 0. The van der Waals surface area contributed by atoms with Crippen LogP contribution in [0.4, 0.5) is 4.79 Å². The first-order valence-corrected chi connectivity index (χ1v) is 8.94. The zero-order valence-corrected chi connectivity index (χ0v) is 15.7. The van der Waals surface area contributed by atoms with Gasteiger partial charge in [-0.25, -0.2) is 9.59 Å². The highest BCUT2D eigenvalue weighted by molar-refractivity contribution is 5.76. The van der Waals surface area contributed by atoms with Crippen molar-refractivity contribution in [1.29, 1.82) is 0 Å².